The summed E-state index contributed by atoms with van der Waals surface area (Å²) in [5, 5.41) is 11.5. The number of amides is 1. The molecule has 0 saturated carbocycles. The fourth-order valence-corrected chi connectivity index (χ4v) is 3.12. The van der Waals surface area contributed by atoms with Gasteiger partial charge in [0.15, 0.2) is 5.82 Å². The van der Waals surface area contributed by atoms with Crippen LogP contribution in [0.2, 0.25) is 0 Å². The number of carbonyl (C=O) groups is 1. The molecule has 6 nitrogen and oxygen atoms in total. The summed E-state index contributed by atoms with van der Waals surface area (Å²) in [7, 11) is 0. The molecule has 1 aromatic rings. The van der Waals surface area contributed by atoms with E-state index in [-0.39, 0.29) is 5.91 Å². The Hall–Kier alpha value is -1.69. The van der Waals surface area contributed by atoms with E-state index < -0.39 is 0 Å². The molecule has 1 atom stereocenters. The molecule has 0 radical (unpaired) electrons. The average molecular weight is 289 g/mol. The molecule has 6 heteroatoms. The van der Waals surface area contributed by atoms with Gasteiger partial charge in [-0.1, -0.05) is 0 Å². The molecule has 2 saturated heterocycles. The normalized spacial score (nSPS) is 22.6. The molecule has 2 aliphatic heterocycles. The van der Waals surface area contributed by atoms with E-state index in [9.17, 15) is 4.79 Å². The van der Waals surface area contributed by atoms with Gasteiger partial charge in [0.25, 0.3) is 0 Å². The molecule has 1 aromatic heterocycles. The number of anilines is 1. The van der Waals surface area contributed by atoms with Gasteiger partial charge < -0.3 is 15.1 Å². The second kappa shape index (κ2) is 6.85. The number of rotatable bonds is 4. The molecule has 114 valence electrons. The summed E-state index contributed by atoms with van der Waals surface area (Å²) < 4.78 is 0. The van der Waals surface area contributed by atoms with Crippen LogP contribution < -0.4 is 10.2 Å². The topological polar surface area (TPSA) is 61.4 Å². The van der Waals surface area contributed by atoms with E-state index >= 15 is 0 Å². The summed E-state index contributed by atoms with van der Waals surface area (Å²) in [5.41, 5.74) is 0. The monoisotopic (exact) mass is 289 g/mol. The summed E-state index contributed by atoms with van der Waals surface area (Å²) in [6, 6.07) is 4.26. The van der Waals surface area contributed by atoms with E-state index in [1.54, 1.807) is 6.20 Å². The number of nitrogens with zero attached hydrogens (tertiary/aromatic N) is 4. The molecule has 1 N–H and O–H groups in total. The summed E-state index contributed by atoms with van der Waals surface area (Å²) in [5.74, 6) is 1.17. The highest BCUT2D eigenvalue weighted by molar-refractivity contribution is 5.78. The number of piperidine rings is 1. The number of hydrogen-bond donors (Lipinski definition) is 1. The Morgan fingerprint density at radius 1 is 1.29 bits per heavy atom. The van der Waals surface area contributed by atoms with Crippen molar-refractivity contribution in [1.29, 1.82) is 0 Å². The zero-order valence-corrected chi connectivity index (χ0v) is 12.4. The van der Waals surface area contributed by atoms with Crippen LogP contribution in [0.3, 0.4) is 0 Å². The predicted molar refractivity (Wildman–Crippen MR) is 81.1 cm³/mol. The zero-order chi connectivity index (χ0) is 14.5. The van der Waals surface area contributed by atoms with Crippen LogP contribution >= 0.6 is 0 Å². The van der Waals surface area contributed by atoms with E-state index in [1.807, 2.05) is 17.0 Å². The molecular formula is C15H23N5O. The maximum atomic E-state index is 12.1. The third-order valence-corrected chi connectivity index (χ3v) is 4.30. The third kappa shape index (κ3) is 3.69. The van der Waals surface area contributed by atoms with Gasteiger partial charge in [-0.05, 0) is 37.8 Å². The van der Waals surface area contributed by atoms with Crippen molar-refractivity contribution >= 4 is 11.7 Å². The molecule has 0 aromatic carbocycles. The lowest BCUT2D eigenvalue weighted by atomic mass is 10.1. The number of likely N-dealkylation sites (tertiary alicyclic amines) is 1. The quantitative estimate of drug-likeness (QED) is 0.882. The maximum absolute atomic E-state index is 12.1. The Bertz CT molecular complexity index is 460. The van der Waals surface area contributed by atoms with Gasteiger partial charge in [-0.3, -0.25) is 4.79 Å². The minimum Gasteiger partial charge on any atom is -0.354 e. The molecule has 2 fully saturated rings. The summed E-state index contributed by atoms with van der Waals surface area (Å²) >= 11 is 0. The smallest absolute Gasteiger partial charge is 0.236 e. The molecule has 3 rings (SSSR count). The summed E-state index contributed by atoms with van der Waals surface area (Å²) in [4.78, 5) is 16.3. The van der Waals surface area contributed by atoms with Gasteiger partial charge >= 0.3 is 0 Å². The lowest BCUT2D eigenvalue weighted by Gasteiger charge is -2.33. The van der Waals surface area contributed by atoms with Crippen LogP contribution in [-0.2, 0) is 4.79 Å². The maximum Gasteiger partial charge on any atom is 0.236 e. The van der Waals surface area contributed by atoms with E-state index in [0.717, 1.165) is 57.7 Å². The molecular weight excluding hydrogens is 266 g/mol. The second-order valence-corrected chi connectivity index (χ2v) is 5.84. The Kier molecular flexibility index (Phi) is 4.65. The fraction of sp³-hybridized carbons (Fsp3) is 0.667. The van der Waals surface area contributed by atoms with Crippen LogP contribution in [0.5, 0.6) is 0 Å². The zero-order valence-electron chi connectivity index (χ0n) is 12.4. The first-order valence-electron chi connectivity index (χ1n) is 7.87. The molecule has 0 spiro atoms. The minimum absolute atomic E-state index is 0.240. The molecule has 21 heavy (non-hydrogen) atoms. The SMILES string of the molecule is O=C(CNC1CCCN(c2cccnn2)C1)N1CCCC1. The average Bonchev–Trinajstić information content (AvgIpc) is 3.08. The van der Waals surface area contributed by atoms with Crippen LogP contribution in [0.1, 0.15) is 25.7 Å². The van der Waals surface area contributed by atoms with Crippen molar-refractivity contribution in [3.05, 3.63) is 18.3 Å². The van der Waals surface area contributed by atoms with E-state index in [4.69, 9.17) is 0 Å². The van der Waals surface area contributed by atoms with Gasteiger partial charge in [-0.15, -0.1) is 5.10 Å². The van der Waals surface area contributed by atoms with Crippen molar-refractivity contribution in [1.82, 2.24) is 20.4 Å². The van der Waals surface area contributed by atoms with Crippen molar-refractivity contribution in [3.63, 3.8) is 0 Å². The van der Waals surface area contributed by atoms with Crippen LogP contribution in [0.25, 0.3) is 0 Å². The molecule has 1 amide bonds. The van der Waals surface area contributed by atoms with Gasteiger partial charge in [0, 0.05) is 38.4 Å². The summed E-state index contributed by atoms with van der Waals surface area (Å²) in [6.45, 7) is 4.22. The lowest BCUT2D eigenvalue weighted by Crippen LogP contribution is -2.49. The Balaban J connectivity index is 1.48. The Labute approximate surface area is 125 Å². The second-order valence-electron chi connectivity index (χ2n) is 5.84. The summed E-state index contributed by atoms with van der Waals surface area (Å²) in [6.07, 6.45) is 6.22. The van der Waals surface area contributed by atoms with Crippen LogP contribution in [-0.4, -0.2) is 59.8 Å². The van der Waals surface area contributed by atoms with E-state index in [1.165, 1.54) is 0 Å². The van der Waals surface area contributed by atoms with Crippen molar-refractivity contribution < 1.29 is 4.79 Å². The number of aromatic nitrogens is 2. The fourth-order valence-electron chi connectivity index (χ4n) is 3.12. The van der Waals surface area contributed by atoms with Gasteiger partial charge in [0.2, 0.25) is 5.91 Å². The Morgan fingerprint density at radius 3 is 2.90 bits per heavy atom. The van der Waals surface area contributed by atoms with Gasteiger partial charge in [0.1, 0.15) is 0 Å². The lowest BCUT2D eigenvalue weighted by molar-refractivity contribution is -0.129. The van der Waals surface area contributed by atoms with Crippen molar-refractivity contribution in [2.75, 3.05) is 37.6 Å². The molecule has 1 unspecified atom stereocenters. The predicted octanol–water partition coefficient (Wildman–Crippen LogP) is 0.657. The number of hydrogen-bond acceptors (Lipinski definition) is 5. The highest BCUT2D eigenvalue weighted by Gasteiger charge is 2.23. The molecule has 2 aliphatic rings. The van der Waals surface area contributed by atoms with Gasteiger partial charge in [0.05, 0.1) is 6.54 Å². The standard InChI is InChI=1S/C15H23N5O/c21-15(19-8-1-2-9-19)11-16-13-5-4-10-20(12-13)14-6-3-7-17-18-14/h3,6-7,13,16H,1-2,4-5,8-12H2. The first kappa shape index (κ1) is 14.3. The van der Waals surface area contributed by atoms with E-state index in [0.29, 0.717) is 12.6 Å². The van der Waals surface area contributed by atoms with Crippen molar-refractivity contribution in [2.45, 2.75) is 31.7 Å². The van der Waals surface area contributed by atoms with Crippen LogP contribution in [0.15, 0.2) is 18.3 Å². The van der Waals surface area contributed by atoms with E-state index in [2.05, 4.69) is 20.4 Å². The van der Waals surface area contributed by atoms with Crippen LogP contribution in [0.4, 0.5) is 5.82 Å². The first-order chi connectivity index (χ1) is 10.3. The van der Waals surface area contributed by atoms with Crippen molar-refractivity contribution in [3.8, 4) is 0 Å². The van der Waals surface area contributed by atoms with Crippen molar-refractivity contribution in [2.24, 2.45) is 0 Å². The first-order valence-corrected chi connectivity index (χ1v) is 7.87. The molecule has 3 heterocycles. The van der Waals surface area contributed by atoms with Gasteiger partial charge in [-0.25, -0.2) is 0 Å². The van der Waals surface area contributed by atoms with Crippen LogP contribution in [0, 0.1) is 0 Å². The third-order valence-electron chi connectivity index (χ3n) is 4.30. The number of carbonyl (C=O) groups excluding carboxylic acids is 1. The Morgan fingerprint density at radius 2 is 2.14 bits per heavy atom. The highest BCUT2D eigenvalue weighted by Crippen LogP contribution is 2.16. The molecule has 0 aliphatic carbocycles. The largest absolute Gasteiger partial charge is 0.354 e. The van der Waals surface area contributed by atoms with Gasteiger partial charge in [-0.2, -0.15) is 5.10 Å². The highest BCUT2D eigenvalue weighted by atomic mass is 16.2. The minimum atomic E-state index is 0.240. The molecule has 0 bridgehead atoms. The number of nitrogens with one attached hydrogen (secondary N) is 1.